The number of piperidine rings is 2. The Morgan fingerprint density at radius 3 is 1.82 bits per heavy atom. The van der Waals surface area contributed by atoms with E-state index in [-0.39, 0.29) is 41.0 Å². The number of aliphatic hydroxyl groups excluding tert-OH is 1. The summed E-state index contributed by atoms with van der Waals surface area (Å²) in [6, 6.07) is 0. The Morgan fingerprint density at radius 2 is 1.38 bits per heavy atom. The Morgan fingerprint density at radius 1 is 0.889 bits per heavy atom. The smallest absolute Gasteiger partial charge is 0.311 e. The molecule has 45 heavy (non-hydrogen) atoms. The zero-order chi connectivity index (χ0) is 34.8. The van der Waals surface area contributed by atoms with Gasteiger partial charge in [0.15, 0.2) is 5.60 Å². The molecule has 3 heterocycles. The standard InChI is InChI=1S/C36H67N3O6/c1-17-43-39-33(11,12)23-36(24-34(39,13)14)27(41)37(35(15,16)45-36)20-25(40)21-38-31(7,8)18-26(19-32(38,9)10)44-28(42)30(5,6)22-29(2,3)4/h25-26,40H,17-24H2,1-16H3. The molecule has 0 aliphatic carbocycles. The topological polar surface area (TPSA) is 91.8 Å². The number of β-amino-alcohol motifs (C(OH)–C–C–N with tert-alkyl or cyclic N) is 1. The lowest BCUT2D eigenvalue weighted by Crippen LogP contribution is -2.67. The van der Waals surface area contributed by atoms with Gasteiger partial charge in [0.25, 0.3) is 5.91 Å². The maximum atomic E-state index is 14.3. The quantitative estimate of drug-likeness (QED) is 0.294. The number of hydroxylamine groups is 2. The van der Waals surface area contributed by atoms with Crippen molar-refractivity contribution in [1.29, 1.82) is 0 Å². The van der Waals surface area contributed by atoms with E-state index in [9.17, 15) is 14.7 Å². The second kappa shape index (κ2) is 12.0. The van der Waals surface area contributed by atoms with Gasteiger partial charge in [0.1, 0.15) is 11.8 Å². The van der Waals surface area contributed by atoms with Crippen LogP contribution < -0.4 is 0 Å². The van der Waals surface area contributed by atoms with Crippen LogP contribution in [-0.2, 0) is 23.9 Å². The van der Waals surface area contributed by atoms with Gasteiger partial charge in [0, 0.05) is 54.4 Å². The average molecular weight is 638 g/mol. The molecular formula is C36H67N3O6. The largest absolute Gasteiger partial charge is 0.462 e. The molecule has 0 aromatic heterocycles. The molecule has 0 saturated carbocycles. The number of hydrogen-bond acceptors (Lipinski definition) is 8. The highest BCUT2D eigenvalue weighted by Gasteiger charge is 2.65. The van der Waals surface area contributed by atoms with E-state index in [1.807, 2.05) is 39.7 Å². The van der Waals surface area contributed by atoms with Gasteiger partial charge >= 0.3 is 5.97 Å². The fourth-order valence-electron chi connectivity index (χ4n) is 9.49. The molecule has 0 aromatic carbocycles. The lowest BCUT2D eigenvalue weighted by atomic mass is 9.72. The molecule has 3 fully saturated rings. The first-order valence-corrected chi connectivity index (χ1v) is 17.1. The molecule has 9 nitrogen and oxygen atoms in total. The Kier molecular flexibility index (Phi) is 10.2. The van der Waals surface area contributed by atoms with Gasteiger partial charge in [-0.25, -0.2) is 0 Å². The molecular weight excluding hydrogens is 570 g/mol. The summed E-state index contributed by atoms with van der Waals surface area (Å²) in [5, 5.41) is 13.6. The monoisotopic (exact) mass is 638 g/mol. The highest BCUT2D eigenvalue weighted by Crippen LogP contribution is 2.51. The number of hydrogen-bond donors (Lipinski definition) is 1. The number of aliphatic hydroxyl groups is 1. The Bertz CT molecular complexity index is 1070. The minimum Gasteiger partial charge on any atom is -0.462 e. The molecule has 1 N–H and O–H groups in total. The zero-order valence-electron chi connectivity index (χ0n) is 31.6. The molecule has 1 unspecified atom stereocenters. The van der Waals surface area contributed by atoms with E-state index in [4.69, 9.17) is 14.3 Å². The van der Waals surface area contributed by atoms with Crippen LogP contribution in [0.25, 0.3) is 0 Å². The van der Waals surface area contributed by atoms with E-state index in [1.165, 1.54) is 0 Å². The van der Waals surface area contributed by atoms with Crippen LogP contribution in [0, 0.1) is 10.8 Å². The number of carbonyl (C=O) groups is 2. The van der Waals surface area contributed by atoms with Crippen molar-refractivity contribution >= 4 is 11.9 Å². The van der Waals surface area contributed by atoms with Crippen LogP contribution in [-0.4, -0.2) is 97.2 Å². The number of nitrogens with zero attached hydrogens (tertiary/aromatic N) is 3. The van der Waals surface area contributed by atoms with Gasteiger partial charge in [-0.15, -0.1) is 0 Å². The Hall–Kier alpha value is -1.26. The maximum absolute atomic E-state index is 14.3. The molecule has 1 spiro atoms. The zero-order valence-corrected chi connectivity index (χ0v) is 31.6. The van der Waals surface area contributed by atoms with Crippen molar-refractivity contribution in [1.82, 2.24) is 14.9 Å². The van der Waals surface area contributed by atoms with Crippen LogP contribution in [0.4, 0.5) is 0 Å². The predicted octanol–water partition coefficient (Wildman–Crippen LogP) is 6.31. The summed E-state index contributed by atoms with van der Waals surface area (Å²) in [5.41, 5.74) is -3.96. The van der Waals surface area contributed by atoms with Crippen molar-refractivity contribution in [3.05, 3.63) is 0 Å². The number of amides is 1. The Balaban J connectivity index is 1.74. The highest BCUT2D eigenvalue weighted by atomic mass is 16.7. The van der Waals surface area contributed by atoms with Crippen molar-refractivity contribution in [3.63, 3.8) is 0 Å². The summed E-state index contributed by atoms with van der Waals surface area (Å²) in [5.74, 6) is -0.212. The van der Waals surface area contributed by atoms with Crippen molar-refractivity contribution in [2.75, 3.05) is 19.7 Å². The van der Waals surface area contributed by atoms with Crippen molar-refractivity contribution < 1.29 is 29.0 Å². The number of likely N-dealkylation sites (tertiary alicyclic amines) is 1. The molecule has 3 aliphatic rings. The minimum atomic E-state index is -0.995. The van der Waals surface area contributed by atoms with Gasteiger partial charge in [-0.3, -0.25) is 19.3 Å². The first-order valence-electron chi connectivity index (χ1n) is 17.1. The van der Waals surface area contributed by atoms with Gasteiger partial charge < -0.3 is 19.5 Å². The number of esters is 1. The van der Waals surface area contributed by atoms with E-state index in [1.54, 1.807) is 4.90 Å². The molecule has 0 radical (unpaired) electrons. The molecule has 3 rings (SSSR count). The fraction of sp³-hybridized carbons (Fsp3) is 0.944. The van der Waals surface area contributed by atoms with E-state index in [0.29, 0.717) is 38.8 Å². The Labute approximate surface area is 274 Å². The van der Waals surface area contributed by atoms with Crippen LogP contribution in [0.5, 0.6) is 0 Å². The molecule has 0 bridgehead atoms. The summed E-state index contributed by atoms with van der Waals surface area (Å²) in [6.07, 6.45) is 2.07. The minimum absolute atomic E-state index is 0.0176. The molecule has 3 aliphatic heterocycles. The van der Waals surface area contributed by atoms with Gasteiger partial charge in [-0.05, 0) is 102 Å². The molecule has 0 aromatic rings. The first kappa shape index (κ1) is 38.2. The summed E-state index contributed by atoms with van der Waals surface area (Å²) >= 11 is 0. The first-order chi connectivity index (χ1) is 20.0. The van der Waals surface area contributed by atoms with Crippen LogP contribution >= 0.6 is 0 Å². The molecule has 3 saturated heterocycles. The van der Waals surface area contributed by atoms with Crippen LogP contribution in [0.2, 0.25) is 0 Å². The number of ether oxygens (including phenoxy) is 2. The summed E-state index contributed by atoms with van der Waals surface area (Å²) < 4.78 is 12.9. The van der Waals surface area contributed by atoms with E-state index in [2.05, 4.69) is 81.1 Å². The highest BCUT2D eigenvalue weighted by molar-refractivity contribution is 5.88. The van der Waals surface area contributed by atoms with Gasteiger partial charge in [-0.1, -0.05) is 20.8 Å². The van der Waals surface area contributed by atoms with Crippen LogP contribution in [0.1, 0.15) is 143 Å². The van der Waals surface area contributed by atoms with Gasteiger partial charge in [-0.2, -0.15) is 5.06 Å². The third-order valence-electron chi connectivity index (χ3n) is 10.0. The molecule has 1 atom stereocenters. The van der Waals surface area contributed by atoms with E-state index < -0.39 is 33.9 Å². The lowest BCUT2D eigenvalue weighted by molar-refractivity contribution is -0.306. The van der Waals surface area contributed by atoms with Crippen LogP contribution in [0.15, 0.2) is 0 Å². The summed E-state index contributed by atoms with van der Waals surface area (Å²) in [4.78, 5) is 37.7. The average Bonchev–Trinajstić information content (AvgIpc) is 2.95. The molecule has 9 heteroatoms. The van der Waals surface area contributed by atoms with Gasteiger partial charge in [0.2, 0.25) is 0 Å². The van der Waals surface area contributed by atoms with Crippen LogP contribution in [0.3, 0.4) is 0 Å². The second-order valence-electron chi connectivity index (χ2n) is 19.1. The molecule has 1 amide bonds. The van der Waals surface area contributed by atoms with E-state index >= 15 is 0 Å². The van der Waals surface area contributed by atoms with Crippen molar-refractivity contribution in [2.24, 2.45) is 10.8 Å². The third-order valence-corrected chi connectivity index (χ3v) is 10.0. The maximum Gasteiger partial charge on any atom is 0.311 e. The van der Waals surface area contributed by atoms with Gasteiger partial charge in [0.05, 0.1) is 24.7 Å². The van der Waals surface area contributed by atoms with Crippen molar-refractivity contribution in [3.8, 4) is 0 Å². The van der Waals surface area contributed by atoms with E-state index in [0.717, 1.165) is 6.42 Å². The second-order valence-corrected chi connectivity index (χ2v) is 19.1. The number of rotatable bonds is 9. The summed E-state index contributed by atoms with van der Waals surface area (Å²) in [6.45, 7) is 34.4. The molecule has 262 valence electrons. The summed E-state index contributed by atoms with van der Waals surface area (Å²) in [7, 11) is 0. The van der Waals surface area contributed by atoms with Crippen molar-refractivity contribution in [2.45, 2.75) is 189 Å². The lowest BCUT2D eigenvalue weighted by Gasteiger charge is -2.56. The normalized spacial score (nSPS) is 27.1. The SMILES string of the molecule is CCON1C(C)(C)CC2(CC1(C)C)OC(C)(C)N(CC(O)CN1C(C)(C)CC(OC(=O)C(C)(C)CC(C)(C)C)CC1(C)C)C2=O. The predicted molar refractivity (Wildman–Crippen MR) is 178 cm³/mol. The fourth-order valence-corrected chi connectivity index (χ4v) is 9.49. The number of carbonyl (C=O) groups excluding carboxylic acids is 2. The third kappa shape index (κ3) is 8.07.